The summed E-state index contributed by atoms with van der Waals surface area (Å²) in [6.07, 6.45) is 2.79. The number of hydrogen-bond acceptors (Lipinski definition) is 2. The zero-order valence-electron chi connectivity index (χ0n) is 14.8. The molecule has 26 heavy (non-hydrogen) atoms. The lowest BCUT2D eigenvalue weighted by molar-refractivity contribution is 0.0949. The lowest BCUT2D eigenvalue weighted by Crippen LogP contribution is -2.26. The maximum absolute atomic E-state index is 12.6. The number of para-hydroxylation sites is 1. The van der Waals surface area contributed by atoms with Gasteiger partial charge in [-0.15, -0.1) is 0 Å². The molecule has 0 radical (unpaired) electrons. The molecule has 0 fully saturated rings. The number of methoxy groups -OCH3 is 1. The number of H-pyrrole nitrogens is 2. The van der Waals surface area contributed by atoms with Crippen molar-refractivity contribution in [2.24, 2.45) is 0 Å². The Balaban J connectivity index is 1.48. The maximum atomic E-state index is 12.6. The van der Waals surface area contributed by atoms with Crippen LogP contribution < -0.4 is 10.1 Å². The second kappa shape index (κ2) is 6.59. The maximum Gasteiger partial charge on any atom is 0.268 e. The highest BCUT2D eigenvalue weighted by Crippen LogP contribution is 2.25. The van der Waals surface area contributed by atoms with Gasteiger partial charge in [0.2, 0.25) is 0 Å². The summed E-state index contributed by atoms with van der Waals surface area (Å²) in [6.45, 7) is 2.54. The molecule has 0 aliphatic carbocycles. The molecule has 0 saturated carbocycles. The number of amides is 1. The molecular weight excluding hydrogens is 326 g/mol. The van der Waals surface area contributed by atoms with Gasteiger partial charge in [-0.05, 0) is 42.7 Å². The van der Waals surface area contributed by atoms with Crippen LogP contribution in [0.15, 0.2) is 48.7 Å². The van der Waals surface area contributed by atoms with E-state index < -0.39 is 0 Å². The van der Waals surface area contributed by atoms with E-state index in [-0.39, 0.29) is 5.91 Å². The van der Waals surface area contributed by atoms with Gasteiger partial charge >= 0.3 is 0 Å². The minimum Gasteiger partial charge on any atom is -0.497 e. The van der Waals surface area contributed by atoms with E-state index in [0.717, 1.165) is 34.2 Å². The minimum absolute atomic E-state index is 0.0856. The first-order valence-electron chi connectivity index (χ1n) is 8.67. The lowest BCUT2D eigenvalue weighted by atomic mass is 10.1. The molecule has 5 heteroatoms. The van der Waals surface area contributed by atoms with Gasteiger partial charge in [0.15, 0.2) is 0 Å². The fourth-order valence-electron chi connectivity index (χ4n) is 3.41. The normalized spacial score (nSPS) is 11.2. The second-order valence-corrected chi connectivity index (χ2v) is 6.40. The standard InChI is InChI=1S/C21H21N3O2/c1-13-16-8-7-15(26-2)11-19(16)24-20(13)21(25)22-10-9-14-12-23-18-6-4-3-5-17(14)18/h3-8,11-12,23-24H,9-10H2,1-2H3,(H,22,25). The molecule has 0 spiro atoms. The van der Waals surface area contributed by atoms with E-state index in [2.05, 4.69) is 27.4 Å². The molecule has 0 saturated heterocycles. The molecule has 2 heterocycles. The van der Waals surface area contributed by atoms with E-state index in [1.165, 1.54) is 10.9 Å². The summed E-state index contributed by atoms with van der Waals surface area (Å²) >= 11 is 0. The van der Waals surface area contributed by atoms with Gasteiger partial charge in [0, 0.05) is 40.6 Å². The Morgan fingerprint density at radius 3 is 2.81 bits per heavy atom. The Morgan fingerprint density at radius 1 is 1.12 bits per heavy atom. The summed E-state index contributed by atoms with van der Waals surface area (Å²) in [5.74, 6) is 0.683. The number of aromatic nitrogens is 2. The zero-order valence-corrected chi connectivity index (χ0v) is 14.8. The number of aromatic amines is 2. The predicted octanol–water partition coefficient (Wildman–Crippen LogP) is 3.94. The summed E-state index contributed by atoms with van der Waals surface area (Å²) in [4.78, 5) is 19.1. The summed E-state index contributed by atoms with van der Waals surface area (Å²) in [5.41, 5.74) is 4.79. The minimum atomic E-state index is -0.0856. The number of carbonyl (C=O) groups excluding carboxylic acids is 1. The quantitative estimate of drug-likeness (QED) is 0.512. The third kappa shape index (κ3) is 2.81. The third-order valence-corrected chi connectivity index (χ3v) is 4.85. The van der Waals surface area contributed by atoms with Crippen LogP contribution in [0.5, 0.6) is 5.75 Å². The predicted molar refractivity (Wildman–Crippen MR) is 104 cm³/mol. The topological polar surface area (TPSA) is 69.9 Å². The molecule has 0 atom stereocenters. The Kier molecular flexibility index (Phi) is 4.13. The first-order chi connectivity index (χ1) is 12.7. The van der Waals surface area contributed by atoms with Gasteiger partial charge in [-0.1, -0.05) is 18.2 Å². The average molecular weight is 347 g/mol. The highest BCUT2D eigenvalue weighted by molar-refractivity contribution is 6.01. The highest BCUT2D eigenvalue weighted by atomic mass is 16.5. The summed E-state index contributed by atoms with van der Waals surface area (Å²) in [7, 11) is 1.63. The van der Waals surface area contributed by atoms with Crippen molar-refractivity contribution in [3.8, 4) is 5.75 Å². The SMILES string of the molecule is COc1ccc2c(C)c(C(=O)NCCc3c[nH]c4ccccc34)[nH]c2c1. The number of rotatable bonds is 5. The second-order valence-electron chi connectivity index (χ2n) is 6.40. The average Bonchev–Trinajstić information content (AvgIpc) is 3.23. The van der Waals surface area contributed by atoms with Crippen LogP contribution in [0.4, 0.5) is 0 Å². The van der Waals surface area contributed by atoms with E-state index in [4.69, 9.17) is 4.74 Å². The van der Waals surface area contributed by atoms with E-state index in [1.807, 2.05) is 43.5 Å². The van der Waals surface area contributed by atoms with Crippen LogP contribution in [-0.2, 0) is 6.42 Å². The number of ether oxygens (including phenoxy) is 1. The van der Waals surface area contributed by atoms with Crippen molar-refractivity contribution in [2.75, 3.05) is 13.7 Å². The summed E-state index contributed by atoms with van der Waals surface area (Å²) in [5, 5.41) is 5.26. The number of hydrogen-bond donors (Lipinski definition) is 3. The van der Waals surface area contributed by atoms with Gasteiger partial charge in [-0.25, -0.2) is 0 Å². The molecule has 5 nitrogen and oxygen atoms in total. The van der Waals surface area contributed by atoms with E-state index >= 15 is 0 Å². The van der Waals surface area contributed by atoms with Gasteiger partial charge in [0.1, 0.15) is 11.4 Å². The van der Waals surface area contributed by atoms with Crippen LogP contribution in [0, 0.1) is 6.92 Å². The largest absolute Gasteiger partial charge is 0.497 e. The van der Waals surface area contributed by atoms with Crippen molar-refractivity contribution in [3.63, 3.8) is 0 Å². The van der Waals surface area contributed by atoms with Gasteiger partial charge in [-0.2, -0.15) is 0 Å². The molecule has 4 aromatic rings. The van der Waals surface area contributed by atoms with Crippen LogP contribution in [0.3, 0.4) is 0 Å². The number of nitrogens with one attached hydrogen (secondary N) is 3. The van der Waals surface area contributed by atoms with E-state index in [0.29, 0.717) is 12.2 Å². The Bertz CT molecular complexity index is 1090. The first-order valence-corrected chi connectivity index (χ1v) is 8.67. The van der Waals surface area contributed by atoms with Gasteiger partial charge in [-0.3, -0.25) is 4.79 Å². The Morgan fingerprint density at radius 2 is 1.96 bits per heavy atom. The van der Waals surface area contributed by atoms with Crippen LogP contribution in [0.2, 0.25) is 0 Å². The van der Waals surface area contributed by atoms with Gasteiger partial charge in [0.05, 0.1) is 7.11 Å². The van der Waals surface area contributed by atoms with E-state index in [1.54, 1.807) is 7.11 Å². The molecule has 2 aromatic carbocycles. The molecule has 0 bridgehead atoms. The molecular formula is C21H21N3O2. The van der Waals surface area contributed by atoms with E-state index in [9.17, 15) is 4.79 Å². The van der Waals surface area contributed by atoms with Crippen LogP contribution in [0.25, 0.3) is 21.8 Å². The molecule has 4 rings (SSSR count). The van der Waals surface area contributed by atoms with Crippen LogP contribution in [-0.4, -0.2) is 29.5 Å². The zero-order chi connectivity index (χ0) is 18.1. The van der Waals surface area contributed by atoms with Gasteiger partial charge < -0.3 is 20.0 Å². The summed E-state index contributed by atoms with van der Waals surface area (Å²) in [6, 6.07) is 14.0. The van der Waals surface area contributed by atoms with Crippen molar-refractivity contribution >= 4 is 27.7 Å². The highest BCUT2D eigenvalue weighted by Gasteiger charge is 2.15. The van der Waals surface area contributed by atoms with Crippen molar-refractivity contribution in [1.29, 1.82) is 0 Å². The number of carbonyl (C=O) groups is 1. The van der Waals surface area contributed by atoms with Crippen LogP contribution >= 0.6 is 0 Å². The Hall–Kier alpha value is -3.21. The number of benzene rings is 2. The van der Waals surface area contributed by atoms with Crippen LogP contribution in [0.1, 0.15) is 21.6 Å². The Labute approximate surface area is 151 Å². The molecule has 1 amide bonds. The third-order valence-electron chi connectivity index (χ3n) is 4.85. The van der Waals surface area contributed by atoms with Crippen molar-refractivity contribution in [1.82, 2.24) is 15.3 Å². The summed E-state index contributed by atoms with van der Waals surface area (Å²) < 4.78 is 5.25. The molecule has 0 unspecified atom stereocenters. The monoisotopic (exact) mass is 347 g/mol. The lowest BCUT2D eigenvalue weighted by Gasteiger charge is -2.04. The molecule has 132 valence electrons. The molecule has 3 N–H and O–H groups in total. The first kappa shape index (κ1) is 16.3. The smallest absolute Gasteiger partial charge is 0.268 e. The molecule has 0 aliphatic heterocycles. The molecule has 2 aromatic heterocycles. The number of aryl methyl sites for hydroxylation is 1. The van der Waals surface area contributed by atoms with Crippen molar-refractivity contribution < 1.29 is 9.53 Å². The van der Waals surface area contributed by atoms with Crippen molar-refractivity contribution in [3.05, 3.63) is 65.5 Å². The fourth-order valence-corrected chi connectivity index (χ4v) is 3.41. The fraction of sp³-hybridized carbons (Fsp3) is 0.190. The number of fused-ring (bicyclic) bond motifs is 2. The molecule has 0 aliphatic rings. The van der Waals surface area contributed by atoms with Gasteiger partial charge in [0.25, 0.3) is 5.91 Å². The van der Waals surface area contributed by atoms with Crippen molar-refractivity contribution in [2.45, 2.75) is 13.3 Å².